The van der Waals surface area contributed by atoms with E-state index in [4.69, 9.17) is 11.5 Å². The number of hydrogen-bond donors (Lipinski definition) is 2. The van der Waals surface area contributed by atoms with Crippen LogP contribution < -0.4 is 11.5 Å². The van der Waals surface area contributed by atoms with E-state index in [9.17, 15) is 4.39 Å². The van der Waals surface area contributed by atoms with Gasteiger partial charge in [0.2, 0.25) is 0 Å². The zero-order valence-corrected chi connectivity index (χ0v) is 7.54. The smallest absolute Gasteiger partial charge is 0.126 e. The van der Waals surface area contributed by atoms with E-state index in [1.165, 1.54) is 6.07 Å². The second-order valence-electron chi connectivity index (χ2n) is 3.13. The van der Waals surface area contributed by atoms with Gasteiger partial charge in [0.15, 0.2) is 0 Å². The van der Waals surface area contributed by atoms with Crippen molar-refractivity contribution in [1.82, 2.24) is 0 Å². The van der Waals surface area contributed by atoms with Gasteiger partial charge in [0, 0.05) is 6.04 Å². The molecule has 13 heavy (non-hydrogen) atoms. The molecular weight excluding hydrogens is 167 g/mol. The first-order valence-corrected chi connectivity index (χ1v) is 4.43. The number of nitrogens with two attached hydrogens (primary N) is 2. The average molecular weight is 182 g/mol. The first-order valence-electron chi connectivity index (χ1n) is 4.43. The van der Waals surface area contributed by atoms with Gasteiger partial charge in [-0.25, -0.2) is 4.39 Å². The molecule has 0 heterocycles. The quantitative estimate of drug-likeness (QED) is 0.731. The Morgan fingerprint density at radius 1 is 1.31 bits per heavy atom. The number of halogens is 1. The van der Waals surface area contributed by atoms with Crippen LogP contribution in [0.25, 0.3) is 0 Å². The minimum atomic E-state index is -0.185. The molecule has 0 saturated carbocycles. The van der Waals surface area contributed by atoms with E-state index in [2.05, 4.69) is 0 Å². The van der Waals surface area contributed by atoms with Crippen LogP contribution in [0, 0.1) is 5.82 Å². The Labute approximate surface area is 77.7 Å². The summed E-state index contributed by atoms with van der Waals surface area (Å²) in [6.07, 6.45) is 1.29. The Morgan fingerprint density at radius 3 is 2.62 bits per heavy atom. The highest BCUT2D eigenvalue weighted by molar-refractivity contribution is 5.18. The molecule has 0 radical (unpaired) electrons. The normalized spacial score (nSPS) is 12.8. The van der Waals surface area contributed by atoms with Crippen molar-refractivity contribution < 1.29 is 4.39 Å². The molecule has 1 rings (SSSR count). The minimum Gasteiger partial charge on any atom is -0.330 e. The SMILES string of the molecule is NCCC(N)Cc1ccccc1F. The van der Waals surface area contributed by atoms with Crippen LogP contribution in [-0.2, 0) is 6.42 Å². The van der Waals surface area contributed by atoms with Crippen molar-refractivity contribution in [2.75, 3.05) is 6.54 Å². The summed E-state index contributed by atoms with van der Waals surface area (Å²) in [4.78, 5) is 0. The monoisotopic (exact) mass is 182 g/mol. The molecule has 0 spiro atoms. The van der Waals surface area contributed by atoms with Gasteiger partial charge in [-0.2, -0.15) is 0 Å². The molecule has 3 heteroatoms. The first-order chi connectivity index (χ1) is 6.24. The lowest BCUT2D eigenvalue weighted by Gasteiger charge is -2.10. The van der Waals surface area contributed by atoms with Gasteiger partial charge < -0.3 is 11.5 Å². The van der Waals surface area contributed by atoms with Crippen LogP contribution in [0.2, 0.25) is 0 Å². The Hall–Kier alpha value is -0.930. The van der Waals surface area contributed by atoms with Crippen molar-refractivity contribution in [2.45, 2.75) is 18.9 Å². The Kier molecular flexibility index (Phi) is 3.86. The lowest BCUT2D eigenvalue weighted by molar-refractivity contribution is 0.570. The van der Waals surface area contributed by atoms with E-state index >= 15 is 0 Å². The zero-order valence-electron chi connectivity index (χ0n) is 7.54. The fraction of sp³-hybridized carbons (Fsp3) is 0.400. The van der Waals surface area contributed by atoms with Gasteiger partial charge >= 0.3 is 0 Å². The molecule has 0 saturated heterocycles. The van der Waals surface area contributed by atoms with Crippen molar-refractivity contribution in [2.24, 2.45) is 11.5 Å². The average Bonchev–Trinajstić information content (AvgIpc) is 2.09. The van der Waals surface area contributed by atoms with E-state index in [-0.39, 0.29) is 11.9 Å². The third kappa shape index (κ3) is 3.13. The van der Waals surface area contributed by atoms with Crippen molar-refractivity contribution in [3.8, 4) is 0 Å². The minimum absolute atomic E-state index is 0.0399. The van der Waals surface area contributed by atoms with Crippen LogP contribution in [0.5, 0.6) is 0 Å². The summed E-state index contributed by atoms with van der Waals surface area (Å²) in [6.45, 7) is 0.551. The molecule has 0 bridgehead atoms. The fourth-order valence-corrected chi connectivity index (χ4v) is 1.26. The molecule has 72 valence electrons. The van der Waals surface area contributed by atoms with Gasteiger partial charge in [-0.15, -0.1) is 0 Å². The molecule has 0 aliphatic heterocycles. The maximum absolute atomic E-state index is 13.1. The van der Waals surface area contributed by atoms with Crippen LogP contribution in [0.4, 0.5) is 4.39 Å². The van der Waals surface area contributed by atoms with Crippen LogP contribution in [0.1, 0.15) is 12.0 Å². The molecule has 1 unspecified atom stereocenters. The summed E-state index contributed by atoms with van der Waals surface area (Å²) in [7, 11) is 0. The largest absolute Gasteiger partial charge is 0.330 e. The van der Waals surface area contributed by atoms with Crippen molar-refractivity contribution in [3.05, 3.63) is 35.6 Å². The predicted molar refractivity (Wildman–Crippen MR) is 51.8 cm³/mol. The van der Waals surface area contributed by atoms with E-state index < -0.39 is 0 Å². The second-order valence-corrected chi connectivity index (χ2v) is 3.13. The topological polar surface area (TPSA) is 52.0 Å². The highest BCUT2D eigenvalue weighted by Gasteiger charge is 2.06. The van der Waals surface area contributed by atoms with Gasteiger partial charge in [0.05, 0.1) is 0 Å². The fourth-order valence-electron chi connectivity index (χ4n) is 1.26. The maximum atomic E-state index is 13.1. The van der Waals surface area contributed by atoms with Crippen LogP contribution in [0.3, 0.4) is 0 Å². The first kappa shape index (κ1) is 10.2. The molecule has 1 aromatic carbocycles. The van der Waals surface area contributed by atoms with Gasteiger partial charge in [0.1, 0.15) is 5.82 Å². The number of benzene rings is 1. The van der Waals surface area contributed by atoms with Crippen molar-refractivity contribution in [3.63, 3.8) is 0 Å². The van der Waals surface area contributed by atoms with Gasteiger partial charge in [-0.3, -0.25) is 0 Å². The van der Waals surface area contributed by atoms with Crippen LogP contribution in [0.15, 0.2) is 24.3 Å². The van der Waals surface area contributed by atoms with Crippen LogP contribution >= 0.6 is 0 Å². The summed E-state index contributed by atoms with van der Waals surface area (Å²) in [5.74, 6) is -0.185. The molecule has 0 aromatic heterocycles. The summed E-state index contributed by atoms with van der Waals surface area (Å²) in [6, 6.07) is 6.65. The number of hydrogen-bond acceptors (Lipinski definition) is 2. The predicted octanol–water partition coefficient (Wildman–Crippen LogP) is 1.04. The summed E-state index contributed by atoms with van der Waals surface area (Å²) in [5, 5.41) is 0. The van der Waals surface area contributed by atoms with E-state index in [1.807, 2.05) is 6.07 Å². The highest BCUT2D eigenvalue weighted by atomic mass is 19.1. The summed E-state index contributed by atoms with van der Waals surface area (Å²) in [5.41, 5.74) is 11.8. The lowest BCUT2D eigenvalue weighted by atomic mass is 10.0. The highest BCUT2D eigenvalue weighted by Crippen LogP contribution is 2.09. The molecule has 1 atom stereocenters. The van der Waals surface area contributed by atoms with Gasteiger partial charge in [-0.1, -0.05) is 18.2 Å². The van der Waals surface area contributed by atoms with Gasteiger partial charge in [0.25, 0.3) is 0 Å². The number of rotatable bonds is 4. The Bertz CT molecular complexity index is 263. The lowest BCUT2D eigenvalue weighted by Crippen LogP contribution is -2.26. The van der Waals surface area contributed by atoms with Gasteiger partial charge in [-0.05, 0) is 31.0 Å². The molecular formula is C10H15FN2. The zero-order chi connectivity index (χ0) is 9.68. The van der Waals surface area contributed by atoms with E-state index in [1.54, 1.807) is 12.1 Å². The Morgan fingerprint density at radius 2 is 2.00 bits per heavy atom. The Balaban J connectivity index is 2.58. The molecule has 0 amide bonds. The van der Waals surface area contributed by atoms with Crippen molar-refractivity contribution in [1.29, 1.82) is 0 Å². The molecule has 1 aromatic rings. The summed E-state index contributed by atoms with van der Waals surface area (Å²) < 4.78 is 13.1. The van der Waals surface area contributed by atoms with E-state index in [0.29, 0.717) is 18.5 Å². The van der Waals surface area contributed by atoms with Crippen LogP contribution in [-0.4, -0.2) is 12.6 Å². The maximum Gasteiger partial charge on any atom is 0.126 e. The molecule has 0 fully saturated rings. The molecule has 0 aliphatic carbocycles. The third-order valence-electron chi connectivity index (χ3n) is 1.98. The second kappa shape index (κ2) is 4.94. The molecule has 4 N–H and O–H groups in total. The summed E-state index contributed by atoms with van der Waals surface area (Å²) >= 11 is 0. The van der Waals surface area contributed by atoms with E-state index in [0.717, 1.165) is 6.42 Å². The molecule has 0 aliphatic rings. The third-order valence-corrected chi connectivity index (χ3v) is 1.98. The van der Waals surface area contributed by atoms with Crippen molar-refractivity contribution >= 4 is 0 Å². The standard InChI is InChI=1S/C10H15FN2/c11-10-4-2-1-3-8(10)7-9(13)5-6-12/h1-4,9H,5-7,12-13H2. The molecule has 2 nitrogen and oxygen atoms in total.